The van der Waals surface area contributed by atoms with Gasteiger partial charge >= 0.3 is 0 Å². The van der Waals surface area contributed by atoms with Crippen molar-refractivity contribution in [2.75, 3.05) is 0 Å². The van der Waals surface area contributed by atoms with E-state index in [4.69, 9.17) is 14.4 Å². The highest BCUT2D eigenvalue weighted by molar-refractivity contribution is 6.20. The minimum absolute atomic E-state index is 0.635. The van der Waals surface area contributed by atoms with Gasteiger partial charge in [0.1, 0.15) is 11.2 Å². The first kappa shape index (κ1) is 32.1. The average Bonchev–Trinajstić information content (AvgIpc) is 3.66. The topological polar surface area (TPSA) is 62.7 Å². The molecule has 0 fully saturated rings. The number of furan rings is 1. The van der Waals surface area contributed by atoms with Crippen LogP contribution in [-0.4, -0.2) is 9.97 Å². The Hall–Kier alpha value is -7.61. The molecule has 4 heteroatoms. The monoisotopic (exact) mass is 701 g/mol. The van der Waals surface area contributed by atoms with Gasteiger partial charge in [-0.1, -0.05) is 170 Å². The molecule has 0 aliphatic rings. The second kappa shape index (κ2) is 13.4. The molecule has 8 aromatic carbocycles. The molecule has 0 aliphatic carbocycles. The maximum Gasteiger partial charge on any atom is 0.160 e. The molecule has 10 aromatic rings. The Morgan fingerprint density at radius 1 is 0.400 bits per heavy atom. The molecule has 0 unspecified atom stereocenters. The quantitative estimate of drug-likeness (QED) is 0.173. The van der Waals surface area contributed by atoms with Crippen LogP contribution in [0.5, 0.6) is 0 Å². The summed E-state index contributed by atoms with van der Waals surface area (Å²) >= 11 is 0. The highest BCUT2D eigenvalue weighted by Crippen LogP contribution is 2.41. The van der Waals surface area contributed by atoms with Gasteiger partial charge in [0, 0.05) is 38.2 Å². The number of rotatable bonds is 6. The Labute approximate surface area is 318 Å². The largest absolute Gasteiger partial charge is 0.455 e. The maximum absolute atomic E-state index is 10.0. The van der Waals surface area contributed by atoms with Crippen molar-refractivity contribution in [3.8, 4) is 73.4 Å². The molecular weight excluding hydrogens is 671 g/mol. The minimum atomic E-state index is 0.635. The Kier molecular flexibility index (Phi) is 7.83. The van der Waals surface area contributed by atoms with E-state index in [1.807, 2.05) is 54.6 Å². The first-order valence-corrected chi connectivity index (χ1v) is 18.3. The molecule has 0 spiro atoms. The van der Waals surface area contributed by atoms with Crippen molar-refractivity contribution < 1.29 is 4.42 Å². The van der Waals surface area contributed by atoms with Gasteiger partial charge in [-0.3, -0.25) is 0 Å². The van der Waals surface area contributed by atoms with E-state index in [1.54, 1.807) is 0 Å². The number of fused-ring (bicyclic) bond motifs is 5. The summed E-state index contributed by atoms with van der Waals surface area (Å²) in [7, 11) is 0. The Morgan fingerprint density at radius 3 is 1.47 bits per heavy atom. The number of hydrogen-bond donors (Lipinski definition) is 0. The highest BCUT2D eigenvalue weighted by atomic mass is 16.3. The third-order valence-electron chi connectivity index (χ3n) is 10.4. The van der Waals surface area contributed by atoms with Crippen molar-refractivity contribution in [1.82, 2.24) is 9.97 Å². The summed E-state index contributed by atoms with van der Waals surface area (Å²) < 4.78 is 6.47. The predicted octanol–water partition coefficient (Wildman–Crippen LogP) is 13.4. The Balaban J connectivity index is 1.07. The Bertz CT molecular complexity index is 2950. The van der Waals surface area contributed by atoms with E-state index in [9.17, 15) is 5.26 Å². The third-order valence-corrected chi connectivity index (χ3v) is 10.4. The summed E-state index contributed by atoms with van der Waals surface area (Å²) in [6.45, 7) is 0. The summed E-state index contributed by atoms with van der Waals surface area (Å²) in [5.41, 5.74) is 13.6. The molecule has 0 saturated heterocycles. The summed E-state index contributed by atoms with van der Waals surface area (Å²) in [5.74, 6) is 0.665. The molecule has 4 nitrogen and oxygen atoms in total. The van der Waals surface area contributed by atoms with Crippen molar-refractivity contribution >= 4 is 32.7 Å². The van der Waals surface area contributed by atoms with E-state index in [-0.39, 0.29) is 0 Å². The van der Waals surface area contributed by atoms with Gasteiger partial charge in [0.25, 0.3) is 0 Å². The zero-order valence-corrected chi connectivity index (χ0v) is 29.6. The highest BCUT2D eigenvalue weighted by Gasteiger charge is 2.18. The number of nitrogens with zero attached hydrogens (tertiary/aromatic N) is 3. The molecule has 2 aromatic heterocycles. The van der Waals surface area contributed by atoms with E-state index in [2.05, 4.69) is 140 Å². The first-order valence-electron chi connectivity index (χ1n) is 18.3. The van der Waals surface area contributed by atoms with Crippen LogP contribution in [0.25, 0.3) is 100.0 Å². The van der Waals surface area contributed by atoms with Gasteiger partial charge in [-0.05, 0) is 51.6 Å². The molecule has 0 saturated carbocycles. The number of nitriles is 1. The number of hydrogen-bond acceptors (Lipinski definition) is 4. The first-order chi connectivity index (χ1) is 27.2. The predicted molar refractivity (Wildman–Crippen MR) is 224 cm³/mol. The summed E-state index contributed by atoms with van der Waals surface area (Å²) in [6, 6.07) is 66.9. The molecule has 256 valence electrons. The lowest BCUT2D eigenvalue weighted by Gasteiger charge is -2.11. The van der Waals surface area contributed by atoms with E-state index in [1.165, 1.54) is 11.1 Å². The van der Waals surface area contributed by atoms with Gasteiger partial charge in [0.2, 0.25) is 0 Å². The van der Waals surface area contributed by atoms with Gasteiger partial charge in [-0.2, -0.15) is 5.26 Å². The summed E-state index contributed by atoms with van der Waals surface area (Å²) in [4.78, 5) is 10.3. The standard InChI is InChI=1S/C51H31N3O/c52-32-41-30-45-49-43(16-9-17-48(49)55-50(45)44-15-8-7-14-42(41)44)37-22-26-39(27-23-37)47-31-46(38-24-18-35(19-25-38)33-10-3-1-4-11-33)53-51(54-47)40-28-20-36(21-29-40)34-12-5-2-6-13-34/h1-31H. The molecule has 2 heterocycles. The lowest BCUT2D eigenvalue weighted by atomic mass is 9.95. The van der Waals surface area contributed by atoms with Crippen molar-refractivity contribution in [2.24, 2.45) is 0 Å². The van der Waals surface area contributed by atoms with Crippen LogP contribution in [0, 0.1) is 11.3 Å². The fourth-order valence-corrected chi connectivity index (χ4v) is 7.58. The van der Waals surface area contributed by atoms with Crippen molar-refractivity contribution in [2.45, 2.75) is 0 Å². The van der Waals surface area contributed by atoms with Crippen LogP contribution in [0.2, 0.25) is 0 Å². The SMILES string of the molecule is N#Cc1cc2c(oc3cccc(-c4ccc(-c5cc(-c6ccc(-c7ccccc7)cc6)nc(-c6ccc(-c7ccccc7)cc6)n5)cc4)c32)c2ccccc12. The van der Waals surface area contributed by atoms with Crippen LogP contribution < -0.4 is 0 Å². The van der Waals surface area contributed by atoms with Crippen LogP contribution in [0.4, 0.5) is 0 Å². The van der Waals surface area contributed by atoms with Crippen molar-refractivity contribution in [1.29, 1.82) is 5.26 Å². The molecule has 10 rings (SSSR count). The lowest BCUT2D eigenvalue weighted by Crippen LogP contribution is -1.96. The normalized spacial score (nSPS) is 11.3. The van der Waals surface area contributed by atoms with Crippen LogP contribution in [0.15, 0.2) is 192 Å². The van der Waals surface area contributed by atoms with E-state index >= 15 is 0 Å². The molecule has 0 N–H and O–H groups in total. The van der Waals surface area contributed by atoms with Crippen LogP contribution in [0.3, 0.4) is 0 Å². The molecule has 0 amide bonds. The van der Waals surface area contributed by atoms with Crippen LogP contribution in [0.1, 0.15) is 5.56 Å². The Morgan fingerprint density at radius 2 is 0.891 bits per heavy atom. The van der Waals surface area contributed by atoms with E-state index < -0.39 is 0 Å². The average molecular weight is 702 g/mol. The second-order valence-corrected chi connectivity index (χ2v) is 13.7. The summed E-state index contributed by atoms with van der Waals surface area (Å²) in [5, 5.41) is 13.8. The van der Waals surface area contributed by atoms with Crippen LogP contribution >= 0.6 is 0 Å². The molecule has 55 heavy (non-hydrogen) atoms. The smallest absolute Gasteiger partial charge is 0.160 e. The van der Waals surface area contributed by atoms with Gasteiger partial charge in [0.15, 0.2) is 5.82 Å². The zero-order valence-electron chi connectivity index (χ0n) is 29.6. The summed E-state index contributed by atoms with van der Waals surface area (Å²) in [6.07, 6.45) is 0. The lowest BCUT2D eigenvalue weighted by molar-refractivity contribution is 0.672. The molecule has 0 bridgehead atoms. The molecule has 0 atom stereocenters. The number of benzene rings is 8. The van der Waals surface area contributed by atoms with Gasteiger partial charge < -0.3 is 4.42 Å². The van der Waals surface area contributed by atoms with E-state index in [0.717, 1.165) is 83.0 Å². The zero-order chi connectivity index (χ0) is 36.7. The van der Waals surface area contributed by atoms with Crippen molar-refractivity contribution in [3.05, 3.63) is 194 Å². The fraction of sp³-hybridized carbons (Fsp3) is 0. The minimum Gasteiger partial charge on any atom is -0.455 e. The molecular formula is C51H31N3O. The van der Waals surface area contributed by atoms with Gasteiger partial charge in [0.05, 0.1) is 23.0 Å². The molecule has 0 aliphatic heterocycles. The third kappa shape index (κ3) is 5.81. The van der Waals surface area contributed by atoms with E-state index in [0.29, 0.717) is 11.4 Å². The fourth-order valence-electron chi connectivity index (χ4n) is 7.58. The second-order valence-electron chi connectivity index (χ2n) is 13.7. The van der Waals surface area contributed by atoms with Gasteiger partial charge in [-0.15, -0.1) is 0 Å². The van der Waals surface area contributed by atoms with Gasteiger partial charge in [-0.25, -0.2) is 9.97 Å². The van der Waals surface area contributed by atoms with Crippen LogP contribution in [-0.2, 0) is 0 Å². The van der Waals surface area contributed by atoms with Crippen molar-refractivity contribution in [3.63, 3.8) is 0 Å². The molecule has 0 radical (unpaired) electrons. The number of aromatic nitrogens is 2. The maximum atomic E-state index is 10.0.